The van der Waals surface area contributed by atoms with Crippen LogP contribution in [0.3, 0.4) is 0 Å². The Morgan fingerprint density at radius 2 is 1.91 bits per heavy atom. The monoisotopic (exact) mass is 164 g/mol. The van der Waals surface area contributed by atoms with E-state index in [-0.39, 0.29) is 12.6 Å². The van der Waals surface area contributed by atoms with Crippen LogP contribution in [0.25, 0.3) is 0 Å². The maximum absolute atomic E-state index is 8.85. The zero-order valence-electron chi connectivity index (χ0n) is 6.86. The van der Waals surface area contributed by atoms with Crippen molar-refractivity contribution in [3.8, 4) is 0 Å². The van der Waals surface area contributed by atoms with Crippen LogP contribution in [0.2, 0.25) is 0 Å². The lowest BCUT2D eigenvalue weighted by Gasteiger charge is -2.18. The zero-order valence-corrected chi connectivity index (χ0v) is 6.86. The molecule has 0 saturated carbocycles. The first-order valence-corrected chi connectivity index (χ1v) is 3.52. The van der Waals surface area contributed by atoms with Crippen LogP contribution in [0.4, 0.5) is 0 Å². The second kappa shape index (κ2) is 5.45. The number of likely N-dealkylation sites (N-methyl/N-ethyl adjacent to an activating group) is 1. The molecule has 1 atom stereocenters. The highest BCUT2D eigenvalue weighted by Gasteiger charge is 2.05. The molecular formula is C6H16N2O3. The third kappa shape index (κ3) is 6.21. The van der Waals surface area contributed by atoms with E-state index in [1.54, 1.807) is 7.05 Å². The molecule has 0 aromatic heterocycles. The summed E-state index contributed by atoms with van der Waals surface area (Å²) >= 11 is 0. The van der Waals surface area contributed by atoms with Gasteiger partial charge in [-0.05, 0) is 6.92 Å². The summed E-state index contributed by atoms with van der Waals surface area (Å²) in [4.78, 5) is 0. The molecular weight excluding hydrogens is 148 g/mol. The number of nitrogens with zero attached hydrogens (tertiary/aromatic N) is 1. The Balaban J connectivity index is 3.24. The van der Waals surface area contributed by atoms with E-state index in [0.29, 0.717) is 6.54 Å². The van der Waals surface area contributed by atoms with Gasteiger partial charge in [-0.25, -0.2) is 0 Å². The van der Waals surface area contributed by atoms with E-state index < -0.39 is 6.29 Å². The fourth-order valence-electron chi connectivity index (χ4n) is 0.553. The zero-order chi connectivity index (χ0) is 8.85. The third-order valence-electron chi connectivity index (χ3n) is 1.40. The van der Waals surface area contributed by atoms with Crippen molar-refractivity contribution in [2.75, 3.05) is 20.1 Å². The second-order valence-electron chi connectivity index (χ2n) is 2.56. The molecule has 0 aliphatic carbocycles. The molecule has 0 rings (SSSR count). The highest BCUT2D eigenvalue weighted by molar-refractivity contribution is 4.59. The maximum Gasteiger partial charge on any atom is 0.164 e. The molecule has 0 aromatic rings. The highest BCUT2D eigenvalue weighted by Crippen LogP contribution is 1.87. The van der Waals surface area contributed by atoms with E-state index in [4.69, 9.17) is 15.4 Å². The van der Waals surface area contributed by atoms with E-state index in [1.807, 2.05) is 6.92 Å². The normalized spacial score (nSPS) is 14.5. The van der Waals surface area contributed by atoms with Crippen molar-refractivity contribution in [3.05, 3.63) is 0 Å². The van der Waals surface area contributed by atoms with E-state index >= 15 is 0 Å². The van der Waals surface area contributed by atoms with Gasteiger partial charge in [-0.1, -0.05) is 0 Å². The summed E-state index contributed by atoms with van der Waals surface area (Å²) in [6, 6.07) is -0.0336. The van der Waals surface area contributed by atoms with Crippen molar-refractivity contribution in [2.24, 2.45) is 0 Å². The fourth-order valence-corrected chi connectivity index (χ4v) is 0.553. The molecule has 0 spiro atoms. The highest BCUT2D eigenvalue weighted by atomic mass is 16.5. The van der Waals surface area contributed by atoms with Gasteiger partial charge in [-0.3, -0.25) is 0 Å². The molecule has 0 fully saturated rings. The molecule has 5 heteroatoms. The Bertz CT molecular complexity index is 97.8. The molecule has 0 aliphatic heterocycles. The van der Waals surface area contributed by atoms with Gasteiger partial charge in [0.2, 0.25) is 0 Å². The molecule has 68 valence electrons. The number of hydrogen-bond donors (Lipinski definition) is 4. The van der Waals surface area contributed by atoms with Crippen molar-refractivity contribution in [3.63, 3.8) is 0 Å². The lowest BCUT2D eigenvalue weighted by molar-refractivity contribution is -0.0978. The molecule has 0 amide bonds. The lowest BCUT2D eigenvalue weighted by Crippen LogP contribution is -2.38. The second-order valence-corrected chi connectivity index (χ2v) is 2.56. The SMILES string of the molecule is C[C@H](CNCC(O)O)N(C)O. The van der Waals surface area contributed by atoms with Crippen molar-refractivity contribution in [1.82, 2.24) is 10.4 Å². The molecule has 0 bridgehead atoms. The van der Waals surface area contributed by atoms with Crippen LogP contribution in [-0.4, -0.2) is 53.0 Å². The van der Waals surface area contributed by atoms with E-state index in [2.05, 4.69) is 5.32 Å². The number of aliphatic hydroxyl groups excluding tert-OH is 1. The van der Waals surface area contributed by atoms with Gasteiger partial charge in [0.15, 0.2) is 6.29 Å². The topological polar surface area (TPSA) is 76.0 Å². The van der Waals surface area contributed by atoms with Crippen molar-refractivity contribution in [1.29, 1.82) is 0 Å². The Morgan fingerprint density at radius 3 is 2.27 bits per heavy atom. The van der Waals surface area contributed by atoms with Gasteiger partial charge in [0.05, 0.1) is 0 Å². The van der Waals surface area contributed by atoms with Gasteiger partial charge in [0.1, 0.15) is 0 Å². The minimum absolute atomic E-state index is 0.0336. The van der Waals surface area contributed by atoms with Gasteiger partial charge < -0.3 is 20.7 Å². The number of hydrogen-bond acceptors (Lipinski definition) is 5. The van der Waals surface area contributed by atoms with Crippen LogP contribution >= 0.6 is 0 Å². The number of hydroxylamine groups is 2. The Kier molecular flexibility index (Phi) is 5.35. The number of rotatable bonds is 5. The summed E-state index contributed by atoms with van der Waals surface area (Å²) < 4.78 is 0. The average molecular weight is 164 g/mol. The van der Waals surface area contributed by atoms with Gasteiger partial charge in [-0.15, -0.1) is 0 Å². The molecule has 0 aliphatic rings. The summed E-state index contributed by atoms with van der Waals surface area (Å²) in [5.41, 5.74) is 0. The van der Waals surface area contributed by atoms with Crippen molar-refractivity contribution >= 4 is 0 Å². The molecule has 11 heavy (non-hydrogen) atoms. The summed E-state index contributed by atoms with van der Waals surface area (Å²) in [6.07, 6.45) is -1.33. The number of nitrogens with one attached hydrogen (secondary N) is 1. The molecule has 0 heterocycles. The summed E-state index contributed by atoms with van der Waals surface area (Å²) in [5.74, 6) is 0. The smallest absolute Gasteiger partial charge is 0.164 e. The molecule has 0 aromatic carbocycles. The number of aliphatic hydroxyl groups is 2. The van der Waals surface area contributed by atoms with Crippen LogP contribution in [0, 0.1) is 0 Å². The standard InChI is InChI=1S/C6H16N2O3/c1-5(8(2)11)3-7-4-6(9)10/h5-7,9-11H,3-4H2,1-2H3/t5-/m1/s1. The van der Waals surface area contributed by atoms with E-state index in [0.717, 1.165) is 5.06 Å². The van der Waals surface area contributed by atoms with Crippen LogP contribution < -0.4 is 5.32 Å². The summed E-state index contributed by atoms with van der Waals surface area (Å²) in [5, 5.41) is 29.5. The average Bonchev–Trinajstić information content (AvgIpc) is 1.86. The molecule has 0 saturated heterocycles. The van der Waals surface area contributed by atoms with E-state index in [9.17, 15) is 0 Å². The maximum atomic E-state index is 8.85. The van der Waals surface area contributed by atoms with Gasteiger partial charge in [0.25, 0.3) is 0 Å². The third-order valence-corrected chi connectivity index (χ3v) is 1.40. The summed E-state index contributed by atoms with van der Waals surface area (Å²) in [7, 11) is 1.54. The molecule has 0 unspecified atom stereocenters. The fraction of sp³-hybridized carbons (Fsp3) is 1.00. The first-order valence-electron chi connectivity index (χ1n) is 3.52. The van der Waals surface area contributed by atoms with Crippen LogP contribution in [0.1, 0.15) is 6.92 Å². The van der Waals surface area contributed by atoms with Crippen LogP contribution in [0.15, 0.2) is 0 Å². The minimum atomic E-state index is -1.33. The van der Waals surface area contributed by atoms with Crippen molar-refractivity contribution in [2.45, 2.75) is 19.3 Å². The predicted molar refractivity (Wildman–Crippen MR) is 40.1 cm³/mol. The van der Waals surface area contributed by atoms with Crippen LogP contribution in [-0.2, 0) is 0 Å². The van der Waals surface area contributed by atoms with Gasteiger partial charge in [-0.2, -0.15) is 5.06 Å². The Morgan fingerprint density at radius 1 is 1.36 bits per heavy atom. The first-order chi connectivity index (χ1) is 5.04. The summed E-state index contributed by atoms with van der Waals surface area (Å²) in [6.45, 7) is 2.46. The predicted octanol–water partition coefficient (Wildman–Crippen LogP) is -1.40. The molecule has 4 N–H and O–H groups in total. The Labute approximate surface area is 66.2 Å². The van der Waals surface area contributed by atoms with Gasteiger partial charge >= 0.3 is 0 Å². The quantitative estimate of drug-likeness (QED) is 0.297. The minimum Gasteiger partial charge on any atom is -0.367 e. The Hall–Kier alpha value is -0.200. The lowest BCUT2D eigenvalue weighted by atomic mass is 10.3. The van der Waals surface area contributed by atoms with Crippen molar-refractivity contribution < 1.29 is 15.4 Å². The van der Waals surface area contributed by atoms with Gasteiger partial charge in [0, 0.05) is 26.2 Å². The molecule has 0 radical (unpaired) electrons. The van der Waals surface area contributed by atoms with Crippen LogP contribution in [0.5, 0.6) is 0 Å². The first kappa shape index (κ1) is 10.8. The molecule has 5 nitrogen and oxygen atoms in total. The van der Waals surface area contributed by atoms with E-state index in [1.165, 1.54) is 0 Å². The largest absolute Gasteiger partial charge is 0.367 e.